The minimum atomic E-state index is 0.546. The van der Waals surface area contributed by atoms with Crippen LogP contribution >= 0.6 is 11.3 Å². The number of rotatable bonds is 2. The van der Waals surface area contributed by atoms with Crippen LogP contribution in [0.2, 0.25) is 0 Å². The number of aryl methyl sites for hydroxylation is 1. The Kier molecular flexibility index (Phi) is 2.47. The average Bonchev–Trinajstić information content (AvgIpc) is 3.18. The van der Waals surface area contributed by atoms with E-state index in [9.17, 15) is 0 Å². The van der Waals surface area contributed by atoms with Gasteiger partial charge in [0.15, 0.2) is 0 Å². The summed E-state index contributed by atoms with van der Waals surface area (Å²) in [7, 11) is 2.01. The van der Waals surface area contributed by atoms with E-state index in [1.807, 2.05) is 37.4 Å². The van der Waals surface area contributed by atoms with Gasteiger partial charge in [-0.05, 0) is 29.6 Å². The Morgan fingerprint density at radius 1 is 1.05 bits per heavy atom. The molecule has 0 fully saturated rings. The van der Waals surface area contributed by atoms with Crippen LogP contribution in [-0.4, -0.2) is 14.8 Å². The molecule has 0 N–H and O–H groups in total. The van der Waals surface area contributed by atoms with Crippen molar-refractivity contribution in [3.8, 4) is 23.0 Å². The van der Waals surface area contributed by atoms with Crippen molar-refractivity contribution in [3.63, 3.8) is 0 Å². The lowest BCUT2D eigenvalue weighted by molar-refractivity contribution is 0.579. The average molecular weight is 281 g/mol. The van der Waals surface area contributed by atoms with Crippen molar-refractivity contribution < 1.29 is 4.42 Å². The van der Waals surface area contributed by atoms with Crippen LogP contribution < -0.4 is 0 Å². The first-order valence-corrected chi connectivity index (χ1v) is 7.13. The second-order valence-corrected chi connectivity index (χ2v) is 5.48. The molecule has 0 unspecified atom stereocenters. The maximum absolute atomic E-state index is 5.80. The molecule has 0 aliphatic carbocycles. The molecule has 0 aliphatic heterocycles. The molecule has 3 aromatic heterocycles. The predicted molar refractivity (Wildman–Crippen MR) is 79.5 cm³/mol. The van der Waals surface area contributed by atoms with E-state index < -0.39 is 0 Å². The van der Waals surface area contributed by atoms with Crippen LogP contribution in [0.1, 0.15) is 0 Å². The number of fused-ring (bicyclic) bond motifs is 1. The number of hydrogen-bond donors (Lipinski definition) is 0. The first kappa shape index (κ1) is 11.4. The van der Waals surface area contributed by atoms with Crippen molar-refractivity contribution in [1.29, 1.82) is 0 Å². The number of thiophene rings is 1. The summed E-state index contributed by atoms with van der Waals surface area (Å²) < 4.78 is 9.10. The number of hydrogen-bond acceptors (Lipinski definition) is 4. The molecule has 0 radical (unpaired) electrons. The van der Waals surface area contributed by atoms with Crippen LogP contribution in [0, 0.1) is 0 Å². The van der Waals surface area contributed by atoms with Gasteiger partial charge in [-0.3, -0.25) is 0 Å². The fourth-order valence-corrected chi connectivity index (χ4v) is 3.13. The van der Waals surface area contributed by atoms with Gasteiger partial charge in [0.2, 0.25) is 5.89 Å². The molecule has 5 heteroatoms. The van der Waals surface area contributed by atoms with Gasteiger partial charge in [0, 0.05) is 12.6 Å². The summed E-state index contributed by atoms with van der Waals surface area (Å²) in [4.78, 5) is 0. The van der Waals surface area contributed by atoms with Crippen LogP contribution in [0.15, 0.2) is 52.3 Å². The molecule has 0 amide bonds. The maximum Gasteiger partial charge on any atom is 0.264 e. The molecule has 1 aromatic carbocycles. The van der Waals surface area contributed by atoms with Crippen molar-refractivity contribution >= 4 is 21.6 Å². The molecule has 0 saturated heterocycles. The third-order valence-electron chi connectivity index (χ3n) is 3.33. The first-order valence-electron chi connectivity index (χ1n) is 6.25. The summed E-state index contributed by atoms with van der Waals surface area (Å²) in [6.07, 6.45) is 0. The molecule has 0 bridgehead atoms. The smallest absolute Gasteiger partial charge is 0.264 e. The monoisotopic (exact) mass is 281 g/mol. The van der Waals surface area contributed by atoms with Crippen LogP contribution in [0.5, 0.6) is 0 Å². The van der Waals surface area contributed by atoms with Gasteiger partial charge in [-0.25, -0.2) is 0 Å². The Bertz CT molecular complexity index is 873. The molecule has 3 heterocycles. The van der Waals surface area contributed by atoms with Gasteiger partial charge >= 0.3 is 0 Å². The quantitative estimate of drug-likeness (QED) is 0.558. The van der Waals surface area contributed by atoms with Gasteiger partial charge in [0.05, 0.1) is 10.2 Å². The lowest BCUT2D eigenvalue weighted by atomic mass is 10.2. The summed E-state index contributed by atoms with van der Waals surface area (Å²) in [6.45, 7) is 0. The van der Waals surface area contributed by atoms with Crippen molar-refractivity contribution in [2.24, 2.45) is 7.05 Å². The van der Waals surface area contributed by atoms with Crippen LogP contribution in [0.25, 0.3) is 33.3 Å². The van der Waals surface area contributed by atoms with Crippen LogP contribution in [0.4, 0.5) is 0 Å². The first-order chi connectivity index (χ1) is 9.83. The largest absolute Gasteiger partial charge is 0.415 e. The van der Waals surface area contributed by atoms with E-state index in [1.165, 1.54) is 10.2 Å². The topological polar surface area (TPSA) is 43.9 Å². The molecule has 4 nitrogen and oxygen atoms in total. The summed E-state index contributed by atoms with van der Waals surface area (Å²) >= 11 is 1.71. The van der Waals surface area contributed by atoms with E-state index in [1.54, 1.807) is 11.3 Å². The third kappa shape index (κ3) is 1.67. The molecule has 98 valence electrons. The zero-order chi connectivity index (χ0) is 13.5. The van der Waals surface area contributed by atoms with Gasteiger partial charge in [0.25, 0.3) is 5.89 Å². The minimum Gasteiger partial charge on any atom is -0.415 e. The summed E-state index contributed by atoms with van der Waals surface area (Å²) in [5, 5.41) is 10.4. The lowest BCUT2D eigenvalue weighted by Gasteiger charge is -1.98. The van der Waals surface area contributed by atoms with E-state index in [0.29, 0.717) is 11.8 Å². The Balaban J connectivity index is 1.82. The molecule has 0 atom stereocenters. The molecular formula is C15H11N3OS. The van der Waals surface area contributed by atoms with E-state index in [0.717, 1.165) is 11.3 Å². The van der Waals surface area contributed by atoms with Gasteiger partial charge in [0.1, 0.15) is 5.69 Å². The van der Waals surface area contributed by atoms with Gasteiger partial charge in [-0.1, -0.05) is 18.2 Å². The Morgan fingerprint density at radius 3 is 2.65 bits per heavy atom. The normalized spacial score (nSPS) is 11.2. The molecule has 0 spiro atoms. The van der Waals surface area contributed by atoms with E-state index in [4.69, 9.17) is 4.42 Å². The van der Waals surface area contributed by atoms with Crippen LogP contribution in [0.3, 0.4) is 0 Å². The molecular weight excluding hydrogens is 270 g/mol. The van der Waals surface area contributed by atoms with E-state index >= 15 is 0 Å². The number of nitrogens with zero attached hydrogens (tertiary/aromatic N) is 3. The SMILES string of the molecule is Cn1c(-c2nnc(-c3ccccc3)o2)cc2sccc21. The minimum absolute atomic E-state index is 0.546. The summed E-state index contributed by atoms with van der Waals surface area (Å²) in [6, 6.07) is 14.0. The highest BCUT2D eigenvalue weighted by molar-refractivity contribution is 7.17. The lowest BCUT2D eigenvalue weighted by Crippen LogP contribution is -1.90. The predicted octanol–water partition coefficient (Wildman–Crippen LogP) is 3.96. The molecule has 4 aromatic rings. The summed E-state index contributed by atoms with van der Waals surface area (Å²) in [5.41, 5.74) is 3.06. The van der Waals surface area contributed by atoms with Crippen molar-refractivity contribution in [1.82, 2.24) is 14.8 Å². The summed E-state index contributed by atoms with van der Waals surface area (Å²) in [5.74, 6) is 1.10. The van der Waals surface area contributed by atoms with Gasteiger partial charge in [-0.2, -0.15) is 0 Å². The van der Waals surface area contributed by atoms with Crippen molar-refractivity contribution in [2.45, 2.75) is 0 Å². The highest BCUT2D eigenvalue weighted by Gasteiger charge is 2.15. The maximum atomic E-state index is 5.80. The molecule has 20 heavy (non-hydrogen) atoms. The van der Waals surface area contributed by atoms with Crippen molar-refractivity contribution in [3.05, 3.63) is 47.8 Å². The van der Waals surface area contributed by atoms with Crippen LogP contribution in [-0.2, 0) is 7.05 Å². The zero-order valence-corrected chi connectivity index (χ0v) is 11.6. The van der Waals surface area contributed by atoms with E-state index in [2.05, 4.69) is 32.3 Å². The fourth-order valence-electron chi connectivity index (χ4n) is 2.28. The standard InChI is InChI=1S/C15H11N3OS/c1-18-11-7-8-20-13(11)9-12(18)15-17-16-14(19-15)10-5-3-2-4-6-10/h2-9H,1H3. The van der Waals surface area contributed by atoms with Gasteiger partial charge in [-0.15, -0.1) is 21.5 Å². The highest BCUT2D eigenvalue weighted by Crippen LogP contribution is 2.31. The number of aromatic nitrogens is 3. The Labute approximate surface area is 119 Å². The molecule has 0 aliphatic rings. The second kappa shape index (κ2) is 4.31. The molecule has 4 rings (SSSR count). The molecule has 0 saturated carbocycles. The highest BCUT2D eigenvalue weighted by atomic mass is 32.1. The Morgan fingerprint density at radius 2 is 1.85 bits per heavy atom. The number of benzene rings is 1. The second-order valence-electron chi connectivity index (χ2n) is 4.54. The zero-order valence-electron chi connectivity index (χ0n) is 10.8. The van der Waals surface area contributed by atoms with E-state index in [-0.39, 0.29) is 0 Å². The third-order valence-corrected chi connectivity index (χ3v) is 4.18. The Hall–Kier alpha value is -2.40. The fraction of sp³-hybridized carbons (Fsp3) is 0.0667. The van der Waals surface area contributed by atoms with Gasteiger partial charge < -0.3 is 8.98 Å². The van der Waals surface area contributed by atoms with Crippen molar-refractivity contribution in [2.75, 3.05) is 0 Å².